The third-order valence-electron chi connectivity index (χ3n) is 5.24. The molecule has 0 bridgehead atoms. The molecule has 1 aliphatic rings. The van der Waals surface area contributed by atoms with Crippen LogP contribution in [0.3, 0.4) is 0 Å². The maximum absolute atomic E-state index is 13.1. The van der Waals surface area contributed by atoms with Gasteiger partial charge in [-0.15, -0.1) is 0 Å². The molecule has 1 atom stereocenters. The summed E-state index contributed by atoms with van der Waals surface area (Å²) in [5.41, 5.74) is 0.0851. The molecule has 0 saturated heterocycles. The van der Waals surface area contributed by atoms with Crippen LogP contribution in [0.25, 0.3) is 22.3 Å². The molecule has 3 aromatic heterocycles. The summed E-state index contributed by atoms with van der Waals surface area (Å²) in [6.45, 7) is 1.95. The Bertz CT molecular complexity index is 1100. The van der Waals surface area contributed by atoms with Crippen LogP contribution in [0, 0.1) is 17.2 Å². The van der Waals surface area contributed by atoms with Crippen molar-refractivity contribution < 1.29 is 18.3 Å². The molecule has 0 aromatic carbocycles. The van der Waals surface area contributed by atoms with Crippen molar-refractivity contribution in [1.29, 1.82) is 5.26 Å². The van der Waals surface area contributed by atoms with Crippen LogP contribution in [0.4, 0.5) is 19.1 Å². The Balaban J connectivity index is 1.73. The zero-order chi connectivity index (χ0) is 20.8. The average Bonchev–Trinajstić information content (AvgIpc) is 3.07. The number of aromatic amines is 1. The Kier molecular flexibility index (Phi) is 4.62. The number of alkyl halides is 3. The molecular formula is C19H17F3N6O. The van der Waals surface area contributed by atoms with E-state index in [1.54, 1.807) is 0 Å². The number of nitriles is 1. The van der Waals surface area contributed by atoms with Crippen LogP contribution in [0.5, 0.6) is 0 Å². The van der Waals surface area contributed by atoms with Gasteiger partial charge >= 0.3 is 6.18 Å². The highest BCUT2D eigenvalue weighted by Crippen LogP contribution is 2.35. The van der Waals surface area contributed by atoms with E-state index in [4.69, 9.17) is 0 Å². The van der Waals surface area contributed by atoms with Crippen molar-refractivity contribution in [3.05, 3.63) is 35.8 Å². The molecular weight excluding hydrogens is 385 g/mol. The molecule has 1 aliphatic carbocycles. The van der Waals surface area contributed by atoms with Gasteiger partial charge in [-0.2, -0.15) is 18.4 Å². The van der Waals surface area contributed by atoms with E-state index >= 15 is 0 Å². The first-order valence-electron chi connectivity index (χ1n) is 9.02. The fourth-order valence-electron chi connectivity index (χ4n) is 3.45. The number of hydrogen-bond donors (Lipinski definition) is 3. The van der Waals surface area contributed by atoms with E-state index in [2.05, 4.69) is 25.3 Å². The number of anilines is 1. The van der Waals surface area contributed by atoms with E-state index in [1.165, 1.54) is 12.4 Å². The lowest BCUT2D eigenvalue weighted by Gasteiger charge is -2.36. The van der Waals surface area contributed by atoms with Gasteiger partial charge in [0.15, 0.2) is 0 Å². The van der Waals surface area contributed by atoms with Crippen LogP contribution in [-0.2, 0) is 6.18 Å². The zero-order valence-electron chi connectivity index (χ0n) is 15.3. The molecule has 0 spiro atoms. The molecule has 3 N–H and O–H groups in total. The second kappa shape index (κ2) is 7.00. The van der Waals surface area contributed by atoms with Crippen LogP contribution in [0.2, 0.25) is 0 Å². The lowest BCUT2D eigenvalue weighted by Crippen LogP contribution is -2.39. The molecule has 1 fully saturated rings. The fourth-order valence-corrected chi connectivity index (χ4v) is 3.45. The predicted octanol–water partition coefficient (Wildman–Crippen LogP) is 3.48. The summed E-state index contributed by atoms with van der Waals surface area (Å²) >= 11 is 0. The van der Waals surface area contributed by atoms with Crippen molar-refractivity contribution in [2.75, 3.05) is 5.32 Å². The minimum atomic E-state index is -4.53. The Labute approximate surface area is 163 Å². The van der Waals surface area contributed by atoms with Gasteiger partial charge in [0, 0.05) is 29.4 Å². The number of aromatic nitrogens is 4. The van der Waals surface area contributed by atoms with E-state index < -0.39 is 11.7 Å². The van der Waals surface area contributed by atoms with Gasteiger partial charge in [-0.05, 0) is 31.7 Å². The summed E-state index contributed by atoms with van der Waals surface area (Å²) in [6, 6.07) is 2.97. The number of halogens is 3. The monoisotopic (exact) mass is 402 g/mol. The number of rotatable bonds is 4. The van der Waals surface area contributed by atoms with Crippen LogP contribution < -0.4 is 5.32 Å². The topological polar surface area (TPSA) is 111 Å². The van der Waals surface area contributed by atoms with Gasteiger partial charge in [0.1, 0.15) is 11.7 Å². The normalized spacial score (nSPS) is 20.1. The van der Waals surface area contributed by atoms with Gasteiger partial charge < -0.3 is 15.4 Å². The van der Waals surface area contributed by atoms with Crippen molar-refractivity contribution in [3.63, 3.8) is 0 Å². The maximum atomic E-state index is 13.1. The number of pyridine rings is 1. The maximum Gasteiger partial charge on any atom is 0.417 e. The van der Waals surface area contributed by atoms with E-state index in [0.717, 1.165) is 12.3 Å². The Morgan fingerprint density at radius 1 is 1.31 bits per heavy atom. The van der Waals surface area contributed by atoms with Crippen molar-refractivity contribution in [3.8, 4) is 17.3 Å². The predicted molar refractivity (Wildman–Crippen MR) is 98.7 cm³/mol. The van der Waals surface area contributed by atoms with E-state index in [0.29, 0.717) is 18.4 Å². The van der Waals surface area contributed by atoms with Crippen molar-refractivity contribution in [2.45, 2.75) is 38.1 Å². The van der Waals surface area contributed by atoms with E-state index in [1.807, 2.05) is 13.0 Å². The summed E-state index contributed by atoms with van der Waals surface area (Å²) in [4.78, 5) is 15.2. The highest BCUT2D eigenvalue weighted by atomic mass is 19.4. The lowest BCUT2D eigenvalue weighted by atomic mass is 9.78. The van der Waals surface area contributed by atoms with Crippen molar-refractivity contribution in [1.82, 2.24) is 19.9 Å². The number of fused-ring (bicyclic) bond motifs is 1. The summed E-state index contributed by atoms with van der Waals surface area (Å²) < 4.78 is 39.3. The van der Waals surface area contributed by atoms with Crippen LogP contribution in [0.15, 0.2) is 24.7 Å². The van der Waals surface area contributed by atoms with Crippen LogP contribution in [0.1, 0.15) is 30.9 Å². The van der Waals surface area contributed by atoms with Gasteiger partial charge in [-0.1, -0.05) is 0 Å². The van der Waals surface area contributed by atoms with Crippen LogP contribution >= 0.6 is 0 Å². The van der Waals surface area contributed by atoms with Crippen molar-refractivity contribution >= 4 is 17.0 Å². The van der Waals surface area contributed by atoms with Crippen LogP contribution in [-0.4, -0.2) is 37.2 Å². The average molecular weight is 402 g/mol. The smallest absolute Gasteiger partial charge is 0.393 e. The molecule has 0 radical (unpaired) electrons. The van der Waals surface area contributed by atoms with Gasteiger partial charge in [-0.3, -0.25) is 0 Å². The number of hydrogen-bond acceptors (Lipinski definition) is 6. The first-order chi connectivity index (χ1) is 13.8. The third-order valence-corrected chi connectivity index (χ3v) is 5.24. The fraction of sp³-hybridized carbons (Fsp3) is 0.368. The molecule has 29 heavy (non-hydrogen) atoms. The molecule has 0 aliphatic heterocycles. The van der Waals surface area contributed by atoms with E-state index in [9.17, 15) is 23.5 Å². The van der Waals surface area contributed by atoms with Gasteiger partial charge in [0.05, 0.1) is 29.1 Å². The number of aliphatic hydroxyl groups excluding tert-OH is 1. The summed E-state index contributed by atoms with van der Waals surface area (Å²) in [5.74, 6) is 0.543. The Hall–Kier alpha value is -3.19. The standard InChI is InChI=1S/C19H17F3N6O/c1-9(10-2-13(29)3-10)27-18-26-6-11(5-23)16(28-18)15-8-25-17-14(15)4-12(7-24-17)19(20,21)22/h4,6-10,13,29H,2-3H2,1H3,(H,24,25)(H,26,27,28)/t9?,10-,13+. The molecule has 0 amide bonds. The SMILES string of the molecule is CC(Nc1ncc(C#N)c(-c2c[nH]c3ncc(C(F)(F)F)cc23)n1)[C@H]1C[C@@H](O)C1. The van der Waals surface area contributed by atoms with Crippen molar-refractivity contribution in [2.24, 2.45) is 5.92 Å². The Morgan fingerprint density at radius 3 is 2.72 bits per heavy atom. The van der Waals surface area contributed by atoms with Gasteiger partial charge in [0.25, 0.3) is 0 Å². The molecule has 3 aromatic rings. The molecule has 1 saturated carbocycles. The highest BCUT2D eigenvalue weighted by molar-refractivity contribution is 5.94. The molecule has 1 unspecified atom stereocenters. The van der Waals surface area contributed by atoms with Gasteiger partial charge in [-0.25, -0.2) is 15.0 Å². The molecule has 150 valence electrons. The molecule has 7 nitrogen and oxygen atoms in total. The minimum Gasteiger partial charge on any atom is -0.393 e. The highest BCUT2D eigenvalue weighted by Gasteiger charge is 2.33. The largest absolute Gasteiger partial charge is 0.417 e. The zero-order valence-corrected chi connectivity index (χ0v) is 15.3. The summed E-state index contributed by atoms with van der Waals surface area (Å²) in [7, 11) is 0. The third kappa shape index (κ3) is 3.61. The number of nitrogens with one attached hydrogen (secondary N) is 2. The molecule has 4 rings (SSSR count). The van der Waals surface area contributed by atoms with Gasteiger partial charge in [0.2, 0.25) is 5.95 Å². The Morgan fingerprint density at radius 2 is 2.07 bits per heavy atom. The first kappa shape index (κ1) is 19.1. The summed E-state index contributed by atoms with van der Waals surface area (Å²) in [6.07, 6.45) is 0.133. The second-order valence-electron chi connectivity index (χ2n) is 7.21. The number of nitrogens with zero attached hydrogens (tertiary/aromatic N) is 4. The van der Waals surface area contributed by atoms with E-state index in [-0.39, 0.29) is 46.3 Å². The number of aliphatic hydroxyl groups is 1. The first-order valence-corrected chi connectivity index (χ1v) is 9.02. The molecule has 3 heterocycles. The molecule has 10 heteroatoms. The lowest BCUT2D eigenvalue weighted by molar-refractivity contribution is -0.137. The number of H-pyrrole nitrogens is 1. The second-order valence-corrected chi connectivity index (χ2v) is 7.21. The summed E-state index contributed by atoms with van der Waals surface area (Å²) in [5, 5.41) is 22.3. The quantitative estimate of drug-likeness (QED) is 0.616. The minimum absolute atomic E-state index is 0.000605.